The number of hydrogen-bond donors (Lipinski definition) is 1. The Morgan fingerprint density at radius 1 is 1.35 bits per heavy atom. The molecule has 1 aromatic carbocycles. The van der Waals surface area contributed by atoms with Gasteiger partial charge in [-0.1, -0.05) is 17.7 Å². The van der Waals surface area contributed by atoms with E-state index in [9.17, 15) is 13.5 Å². The minimum Gasteiger partial charge on any atom is -0.395 e. The summed E-state index contributed by atoms with van der Waals surface area (Å²) < 4.78 is 26.9. The third-order valence-corrected chi connectivity index (χ3v) is 5.84. The third kappa shape index (κ3) is 2.91. The smallest absolute Gasteiger partial charge is 0.243 e. The van der Waals surface area contributed by atoms with Gasteiger partial charge in [0.25, 0.3) is 0 Å². The Morgan fingerprint density at radius 2 is 2.00 bits per heavy atom. The second-order valence-electron chi connectivity index (χ2n) is 4.86. The molecule has 0 bridgehead atoms. The molecule has 4 nitrogen and oxygen atoms in total. The first-order valence-electron chi connectivity index (χ1n) is 6.53. The van der Waals surface area contributed by atoms with Crippen molar-refractivity contribution in [2.24, 2.45) is 0 Å². The van der Waals surface area contributed by atoms with E-state index in [2.05, 4.69) is 6.58 Å². The van der Waals surface area contributed by atoms with E-state index in [4.69, 9.17) is 11.6 Å². The van der Waals surface area contributed by atoms with E-state index in [0.29, 0.717) is 11.4 Å². The molecule has 110 valence electrons. The van der Waals surface area contributed by atoms with Crippen molar-refractivity contribution < 1.29 is 13.5 Å². The lowest BCUT2D eigenvalue weighted by atomic mass is 9.99. The molecule has 0 spiro atoms. The van der Waals surface area contributed by atoms with Crippen molar-refractivity contribution in [3.8, 4) is 0 Å². The van der Waals surface area contributed by atoms with Gasteiger partial charge in [-0.25, -0.2) is 8.42 Å². The Balaban J connectivity index is 2.43. The largest absolute Gasteiger partial charge is 0.395 e. The number of benzene rings is 1. The van der Waals surface area contributed by atoms with Gasteiger partial charge < -0.3 is 5.11 Å². The minimum absolute atomic E-state index is 0.183. The summed E-state index contributed by atoms with van der Waals surface area (Å²) in [4.78, 5) is 0.189. The highest BCUT2D eigenvalue weighted by Gasteiger charge is 2.38. The number of piperidine rings is 1. The van der Waals surface area contributed by atoms with Gasteiger partial charge in [0.15, 0.2) is 0 Å². The molecule has 0 radical (unpaired) electrons. The van der Waals surface area contributed by atoms with Crippen LogP contribution >= 0.6 is 11.6 Å². The van der Waals surface area contributed by atoms with Crippen LogP contribution in [-0.2, 0) is 10.0 Å². The van der Waals surface area contributed by atoms with E-state index in [1.54, 1.807) is 18.2 Å². The summed E-state index contributed by atoms with van der Waals surface area (Å²) in [5, 5.41) is 9.96. The summed E-state index contributed by atoms with van der Waals surface area (Å²) in [6, 6.07) is 5.40. The Hall–Kier alpha value is -0.880. The lowest BCUT2D eigenvalue weighted by Crippen LogP contribution is -2.50. The molecule has 1 fully saturated rings. The number of sulfonamides is 1. The zero-order chi connectivity index (χ0) is 14.8. The van der Waals surface area contributed by atoms with Crippen LogP contribution in [0.15, 0.2) is 41.8 Å². The molecule has 1 aromatic rings. The number of hydrogen-bond acceptors (Lipinski definition) is 3. The van der Waals surface area contributed by atoms with Crippen LogP contribution < -0.4 is 0 Å². The molecular weight excluding hydrogens is 298 g/mol. The number of halogens is 1. The van der Waals surface area contributed by atoms with Gasteiger partial charge in [0.1, 0.15) is 0 Å². The highest BCUT2D eigenvalue weighted by atomic mass is 35.5. The molecule has 0 unspecified atom stereocenters. The van der Waals surface area contributed by atoms with Gasteiger partial charge in [0.05, 0.1) is 11.5 Å². The highest BCUT2D eigenvalue weighted by molar-refractivity contribution is 7.89. The van der Waals surface area contributed by atoms with Gasteiger partial charge in [0.2, 0.25) is 10.0 Å². The SMILES string of the molecule is C=C[C@H]1CCC[C@@H](CO)N1S(=O)(=O)c1ccc(Cl)cc1. The van der Waals surface area contributed by atoms with Crippen LogP contribution in [-0.4, -0.2) is 36.5 Å². The number of aliphatic hydroxyl groups excluding tert-OH is 1. The van der Waals surface area contributed by atoms with Gasteiger partial charge in [-0.3, -0.25) is 0 Å². The van der Waals surface area contributed by atoms with Crippen LogP contribution in [0, 0.1) is 0 Å². The lowest BCUT2D eigenvalue weighted by molar-refractivity contribution is 0.133. The van der Waals surface area contributed by atoms with Crippen LogP contribution in [0.4, 0.5) is 0 Å². The maximum atomic E-state index is 12.8. The summed E-state index contributed by atoms with van der Waals surface area (Å²) >= 11 is 5.79. The third-order valence-electron chi connectivity index (χ3n) is 3.60. The van der Waals surface area contributed by atoms with E-state index in [-0.39, 0.29) is 17.5 Å². The van der Waals surface area contributed by atoms with Crippen LogP contribution in [0.2, 0.25) is 5.02 Å². The molecule has 0 aliphatic carbocycles. The molecule has 20 heavy (non-hydrogen) atoms. The minimum atomic E-state index is -3.66. The molecule has 1 saturated heterocycles. The first-order valence-corrected chi connectivity index (χ1v) is 8.35. The van der Waals surface area contributed by atoms with E-state index in [1.807, 2.05) is 0 Å². The van der Waals surface area contributed by atoms with Gasteiger partial charge in [-0.2, -0.15) is 4.31 Å². The van der Waals surface area contributed by atoms with Crippen LogP contribution in [0.5, 0.6) is 0 Å². The molecule has 2 rings (SSSR count). The molecule has 6 heteroatoms. The maximum absolute atomic E-state index is 12.8. The van der Waals surface area contributed by atoms with Gasteiger partial charge in [-0.05, 0) is 43.5 Å². The molecular formula is C14H18ClNO3S. The van der Waals surface area contributed by atoms with Crippen molar-refractivity contribution in [2.75, 3.05) is 6.61 Å². The van der Waals surface area contributed by atoms with Gasteiger partial charge in [0, 0.05) is 17.1 Å². The zero-order valence-corrected chi connectivity index (χ0v) is 12.6. The summed E-state index contributed by atoms with van der Waals surface area (Å²) in [7, 11) is -3.66. The quantitative estimate of drug-likeness (QED) is 0.868. The number of aliphatic hydroxyl groups is 1. The van der Waals surface area contributed by atoms with Crippen molar-refractivity contribution in [3.63, 3.8) is 0 Å². The van der Waals surface area contributed by atoms with Crippen molar-refractivity contribution >= 4 is 21.6 Å². The Kier molecular flexibility index (Phi) is 4.86. The second-order valence-corrected chi connectivity index (χ2v) is 7.14. The molecule has 0 saturated carbocycles. The Morgan fingerprint density at radius 3 is 2.55 bits per heavy atom. The first kappa shape index (κ1) is 15.5. The normalized spacial score (nSPS) is 24.5. The molecule has 1 aliphatic rings. The fourth-order valence-electron chi connectivity index (χ4n) is 2.58. The Labute approximate surface area is 124 Å². The van der Waals surface area contributed by atoms with Crippen molar-refractivity contribution in [1.82, 2.24) is 4.31 Å². The van der Waals surface area contributed by atoms with Crippen LogP contribution in [0.3, 0.4) is 0 Å². The van der Waals surface area contributed by atoms with Gasteiger partial charge >= 0.3 is 0 Å². The predicted octanol–water partition coefficient (Wildman–Crippen LogP) is 2.43. The predicted molar refractivity (Wildman–Crippen MR) is 79.2 cm³/mol. The lowest BCUT2D eigenvalue weighted by Gasteiger charge is -2.38. The Bertz CT molecular complexity index is 571. The topological polar surface area (TPSA) is 57.6 Å². The van der Waals surface area contributed by atoms with Crippen LogP contribution in [0.1, 0.15) is 19.3 Å². The summed E-state index contributed by atoms with van der Waals surface area (Å²) in [5.41, 5.74) is 0. The summed E-state index contributed by atoms with van der Waals surface area (Å²) in [5.74, 6) is 0. The molecule has 0 amide bonds. The van der Waals surface area contributed by atoms with E-state index in [1.165, 1.54) is 16.4 Å². The van der Waals surface area contributed by atoms with Crippen molar-refractivity contribution in [3.05, 3.63) is 41.9 Å². The molecule has 0 aromatic heterocycles. The van der Waals surface area contributed by atoms with Crippen molar-refractivity contribution in [1.29, 1.82) is 0 Å². The average molecular weight is 316 g/mol. The monoisotopic (exact) mass is 315 g/mol. The zero-order valence-electron chi connectivity index (χ0n) is 11.1. The van der Waals surface area contributed by atoms with Gasteiger partial charge in [-0.15, -0.1) is 6.58 Å². The average Bonchev–Trinajstić information content (AvgIpc) is 2.46. The summed E-state index contributed by atoms with van der Waals surface area (Å²) in [6.07, 6.45) is 3.91. The fraction of sp³-hybridized carbons (Fsp3) is 0.429. The standard InChI is InChI=1S/C14H18ClNO3S/c1-2-12-4-3-5-13(10-17)16(12)20(18,19)14-8-6-11(15)7-9-14/h2,6-9,12-13,17H,1,3-5,10H2/t12-,13-/m0/s1. The summed E-state index contributed by atoms with van der Waals surface area (Å²) in [6.45, 7) is 3.53. The van der Waals surface area contributed by atoms with Crippen LogP contribution in [0.25, 0.3) is 0 Å². The first-order chi connectivity index (χ1) is 9.50. The fourth-order valence-corrected chi connectivity index (χ4v) is 4.55. The number of rotatable bonds is 4. The van der Waals surface area contributed by atoms with E-state index < -0.39 is 16.1 Å². The number of nitrogens with zero attached hydrogens (tertiary/aromatic N) is 1. The molecule has 1 heterocycles. The van der Waals surface area contributed by atoms with E-state index >= 15 is 0 Å². The van der Waals surface area contributed by atoms with Crippen molar-refractivity contribution in [2.45, 2.75) is 36.2 Å². The molecule has 1 aliphatic heterocycles. The highest BCUT2D eigenvalue weighted by Crippen LogP contribution is 2.30. The van der Waals surface area contributed by atoms with E-state index in [0.717, 1.165) is 12.8 Å². The molecule has 2 atom stereocenters. The molecule has 1 N–H and O–H groups in total. The maximum Gasteiger partial charge on any atom is 0.243 e. The second kappa shape index (κ2) is 6.26.